The number of halogens is 3. The van der Waals surface area contributed by atoms with Gasteiger partial charge in [-0.2, -0.15) is 13.2 Å². The number of nitrogens with two attached hydrogens (primary N) is 1. The average Bonchev–Trinajstić information content (AvgIpc) is 2.80. The predicted octanol–water partition coefficient (Wildman–Crippen LogP) is 3.45. The summed E-state index contributed by atoms with van der Waals surface area (Å²) in [6.45, 7) is 2.64. The van der Waals surface area contributed by atoms with Gasteiger partial charge < -0.3 is 11.1 Å². The maximum Gasteiger partial charge on any atom is 0.418 e. The van der Waals surface area contributed by atoms with Crippen molar-refractivity contribution in [3.8, 4) is 0 Å². The molecule has 0 heterocycles. The molecule has 2 unspecified atom stereocenters. The van der Waals surface area contributed by atoms with E-state index < -0.39 is 17.6 Å². The number of benzene rings is 1. The van der Waals surface area contributed by atoms with Crippen LogP contribution in [0.2, 0.25) is 0 Å². The Morgan fingerprint density at radius 3 is 2.67 bits per heavy atom. The van der Waals surface area contributed by atoms with Crippen LogP contribution in [0.3, 0.4) is 0 Å². The van der Waals surface area contributed by atoms with Gasteiger partial charge in [-0.05, 0) is 36.5 Å². The Labute approximate surface area is 121 Å². The zero-order valence-electron chi connectivity index (χ0n) is 11.8. The fraction of sp³-hybridized carbons (Fsp3) is 0.533. The van der Waals surface area contributed by atoms with Crippen molar-refractivity contribution in [3.05, 3.63) is 29.3 Å². The van der Waals surface area contributed by atoms with Gasteiger partial charge in [-0.3, -0.25) is 4.79 Å². The van der Waals surface area contributed by atoms with E-state index in [-0.39, 0.29) is 11.3 Å². The van der Waals surface area contributed by atoms with Crippen molar-refractivity contribution in [3.63, 3.8) is 0 Å². The number of nitrogens with one attached hydrogen (secondary N) is 1. The smallest absolute Gasteiger partial charge is 0.398 e. The summed E-state index contributed by atoms with van der Waals surface area (Å²) in [4.78, 5) is 12.0. The molecule has 0 aromatic heterocycles. The molecule has 0 bridgehead atoms. The minimum absolute atomic E-state index is 0.0119. The van der Waals surface area contributed by atoms with Crippen molar-refractivity contribution in [2.24, 2.45) is 11.8 Å². The topological polar surface area (TPSA) is 55.1 Å². The van der Waals surface area contributed by atoms with Gasteiger partial charge in [-0.1, -0.05) is 19.8 Å². The number of hydrogen-bond acceptors (Lipinski definition) is 2. The lowest BCUT2D eigenvalue weighted by molar-refractivity contribution is -0.136. The van der Waals surface area contributed by atoms with Crippen LogP contribution in [-0.2, 0) is 6.18 Å². The summed E-state index contributed by atoms with van der Waals surface area (Å²) in [5, 5.41) is 2.72. The number of carbonyl (C=O) groups excluding carboxylic acids is 1. The molecule has 21 heavy (non-hydrogen) atoms. The Hall–Kier alpha value is -1.72. The molecule has 2 atom stereocenters. The van der Waals surface area contributed by atoms with E-state index in [9.17, 15) is 18.0 Å². The summed E-state index contributed by atoms with van der Waals surface area (Å²) >= 11 is 0. The van der Waals surface area contributed by atoms with Crippen molar-refractivity contribution in [1.29, 1.82) is 0 Å². The predicted molar refractivity (Wildman–Crippen MR) is 74.7 cm³/mol. The zero-order chi connectivity index (χ0) is 15.6. The summed E-state index contributed by atoms with van der Waals surface area (Å²) in [7, 11) is 0. The molecule has 116 valence electrons. The molecule has 2 rings (SSSR count). The second-order valence-electron chi connectivity index (χ2n) is 5.68. The van der Waals surface area contributed by atoms with Crippen LogP contribution >= 0.6 is 0 Å². The standard InChI is InChI=1S/C15H19F3N2O/c1-9-3-2-4-11(9)8-20-14(21)10-5-6-13(19)12(7-10)15(16,17)18/h5-7,9,11H,2-4,8,19H2,1H3,(H,20,21). The van der Waals surface area contributed by atoms with Crippen LogP contribution in [0.5, 0.6) is 0 Å². The quantitative estimate of drug-likeness (QED) is 0.840. The number of amides is 1. The fourth-order valence-electron chi connectivity index (χ4n) is 2.79. The van der Waals surface area contributed by atoms with Crippen molar-refractivity contribution < 1.29 is 18.0 Å². The first-order valence-corrected chi connectivity index (χ1v) is 7.04. The van der Waals surface area contributed by atoms with Crippen molar-refractivity contribution in [2.45, 2.75) is 32.4 Å². The number of hydrogen-bond donors (Lipinski definition) is 2. The summed E-state index contributed by atoms with van der Waals surface area (Å²) < 4.78 is 38.3. The summed E-state index contributed by atoms with van der Waals surface area (Å²) in [5.74, 6) is 0.465. The molecule has 1 aliphatic rings. The van der Waals surface area contributed by atoms with Gasteiger partial charge in [0.25, 0.3) is 5.91 Å². The first-order chi connectivity index (χ1) is 9.79. The van der Waals surface area contributed by atoms with E-state index >= 15 is 0 Å². The van der Waals surface area contributed by atoms with Crippen LogP contribution in [0.15, 0.2) is 18.2 Å². The molecule has 6 heteroatoms. The Morgan fingerprint density at radius 2 is 2.10 bits per heavy atom. The summed E-state index contributed by atoms with van der Waals surface area (Å²) in [5.41, 5.74) is 3.96. The third-order valence-corrected chi connectivity index (χ3v) is 4.18. The Balaban J connectivity index is 2.06. The number of alkyl halides is 3. The molecule has 3 nitrogen and oxygen atoms in total. The lowest BCUT2D eigenvalue weighted by Crippen LogP contribution is -2.30. The van der Waals surface area contributed by atoms with Gasteiger partial charge in [0, 0.05) is 17.8 Å². The second kappa shape index (κ2) is 5.95. The van der Waals surface area contributed by atoms with E-state index in [0.29, 0.717) is 18.4 Å². The van der Waals surface area contributed by atoms with Crippen molar-refractivity contribution in [2.75, 3.05) is 12.3 Å². The molecule has 3 N–H and O–H groups in total. The number of carbonyl (C=O) groups is 1. The molecule has 0 saturated heterocycles. The maximum atomic E-state index is 12.8. The largest absolute Gasteiger partial charge is 0.418 e. The van der Waals surface area contributed by atoms with Gasteiger partial charge >= 0.3 is 6.18 Å². The third kappa shape index (κ3) is 3.68. The molecule has 0 aliphatic heterocycles. The summed E-state index contributed by atoms with van der Waals surface area (Å²) in [6.07, 6.45) is -1.22. The monoisotopic (exact) mass is 300 g/mol. The maximum absolute atomic E-state index is 12.8. The lowest BCUT2D eigenvalue weighted by Gasteiger charge is -2.16. The lowest BCUT2D eigenvalue weighted by atomic mass is 9.98. The van der Waals surface area contributed by atoms with Crippen LogP contribution in [0.4, 0.5) is 18.9 Å². The van der Waals surface area contributed by atoms with Gasteiger partial charge in [0.15, 0.2) is 0 Å². The Bertz CT molecular complexity index is 528. The Kier molecular flexibility index (Phi) is 4.44. The van der Waals surface area contributed by atoms with E-state index in [4.69, 9.17) is 5.73 Å². The minimum atomic E-state index is -4.56. The number of anilines is 1. The first-order valence-electron chi connectivity index (χ1n) is 7.04. The molecule has 0 spiro atoms. The molecule has 1 fully saturated rings. The molecular weight excluding hydrogens is 281 g/mol. The number of nitrogen functional groups attached to an aromatic ring is 1. The third-order valence-electron chi connectivity index (χ3n) is 4.18. The Morgan fingerprint density at radius 1 is 1.38 bits per heavy atom. The average molecular weight is 300 g/mol. The minimum Gasteiger partial charge on any atom is -0.398 e. The van der Waals surface area contributed by atoms with E-state index in [0.717, 1.165) is 31.4 Å². The van der Waals surface area contributed by atoms with Crippen LogP contribution in [0.1, 0.15) is 42.1 Å². The van der Waals surface area contributed by atoms with Gasteiger partial charge in [-0.25, -0.2) is 0 Å². The van der Waals surface area contributed by atoms with Crippen LogP contribution in [-0.4, -0.2) is 12.5 Å². The van der Waals surface area contributed by atoms with Crippen LogP contribution in [0.25, 0.3) is 0 Å². The zero-order valence-corrected chi connectivity index (χ0v) is 11.8. The molecule has 1 aromatic carbocycles. The molecule has 0 radical (unpaired) electrons. The number of rotatable bonds is 3. The van der Waals surface area contributed by atoms with Crippen molar-refractivity contribution in [1.82, 2.24) is 5.32 Å². The molecule has 1 amide bonds. The van der Waals surface area contributed by atoms with E-state index in [1.807, 2.05) is 0 Å². The van der Waals surface area contributed by atoms with E-state index in [2.05, 4.69) is 12.2 Å². The van der Waals surface area contributed by atoms with Crippen LogP contribution < -0.4 is 11.1 Å². The molecule has 1 aliphatic carbocycles. The van der Waals surface area contributed by atoms with Crippen molar-refractivity contribution >= 4 is 11.6 Å². The first kappa shape index (κ1) is 15.7. The normalized spacial score (nSPS) is 22.3. The highest BCUT2D eigenvalue weighted by Gasteiger charge is 2.33. The van der Waals surface area contributed by atoms with E-state index in [1.165, 1.54) is 6.07 Å². The fourth-order valence-corrected chi connectivity index (χ4v) is 2.79. The summed E-state index contributed by atoms with van der Waals surface area (Å²) in [6, 6.07) is 3.25. The molecule has 1 aromatic rings. The van der Waals surface area contributed by atoms with Gasteiger partial charge in [0.2, 0.25) is 0 Å². The van der Waals surface area contributed by atoms with Gasteiger partial charge in [0.1, 0.15) is 0 Å². The molecular formula is C15H19F3N2O. The van der Waals surface area contributed by atoms with Crippen LogP contribution in [0, 0.1) is 11.8 Å². The second-order valence-corrected chi connectivity index (χ2v) is 5.68. The van der Waals surface area contributed by atoms with E-state index in [1.54, 1.807) is 0 Å². The highest BCUT2D eigenvalue weighted by Crippen LogP contribution is 2.34. The molecule has 1 saturated carbocycles. The SMILES string of the molecule is CC1CCCC1CNC(=O)c1ccc(N)c(C(F)(F)F)c1. The van der Waals surface area contributed by atoms with Gasteiger partial charge in [0.05, 0.1) is 5.56 Å². The highest BCUT2D eigenvalue weighted by atomic mass is 19.4. The van der Waals surface area contributed by atoms with Gasteiger partial charge in [-0.15, -0.1) is 0 Å². The highest BCUT2D eigenvalue weighted by molar-refractivity contribution is 5.94.